The van der Waals surface area contributed by atoms with Crippen LogP contribution >= 0.6 is 0 Å². The lowest BCUT2D eigenvalue weighted by atomic mass is 10.1. The molecule has 1 N–H and O–H groups in total. The SMILES string of the molecule is CCN(CCO)C(=O)c1ccc(OC2CCOCC2)nc1. The number of hydrogen-bond donors (Lipinski definition) is 1. The Bertz CT molecular complexity index is 443. The molecule has 0 unspecified atom stereocenters. The zero-order valence-electron chi connectivity index (χ0n) is 12.3. The molecule has 116 valence electrons. The fourth-order valence-electron chi connectivity index (χ4n) is 2.25. The number of carbonyl (C=O) groups is 1. The molecule has 6 heteroatoms. The standard InChI is InChI=1S/C15H22N2O4/c1-2-17(7-8-18)15(19)12-3-4-14(16-11-12)21-13-5-9-20-10-6-13/h3-4,11,13,18H,2,5-10H2,1H3. The fourth-order valence-corrected chi connectivity index (χ4v) is 2.25. The van der Waals surface area contributed by atoms with E-state index in [0.717, 1.165) is 12.8 Å². The molecule has 0 aliphatic carbocycles. The highest BCUT2D eigenvalue weighted by atomic mass is 16.5. The Morgan fingerprint density at radius 2 is 2.24 bits per heavy atom. The van der Waals surface area contributed by atoms with Crippen LogP contribution in [0.5, 0.6) is 5.88 Å². The van der Waals surface area contributed by atoms with Crippen LogP contribution in [0, 0.1) is 0 Å². The van der Waals surface area contributed by atoms with E-state index in [1.54, 1.807) is 17.0 Å². The van der Waals surface area contributed by atoms with Gasteiger partial charge in [0.15, 0.2) is 0 Å². The van der Waals surface area contributed by atoms with E-state index in [1.807, 2.05) is 6.92 Å². The molecule has 2 rings (SSSR count). The topological polar surface area (TPSA) is 71.9 Å². The lowest BCUT2D eigenvalue weighted by molar-refractivity contribution is 0.0237. The van der Waals surface area contributed by atoms with Crippen LogP contribution < -0.4 is 4.74 Å². The summed E-state index contributed by atoms with van der Waals surface area (Å²) in [4.78, 5) is 18.0. The van der Waals surface area contributed by atoms with Gasteiger partial charge >= 0.3 is 0 Å². The van der Waals surface area contributed by atoms with Crippen molar-refractivity contribution in [3.05, 3.63) is 23.9 Å². The van der Waals surface area contributed by atoms with Gasteiger partial charge in [-0.2, -0.15) is 0 Å². The molecule has 1 aromatic heterocycles. The molecular formula is C15H22N2O4. The smallest absolute Gasteiger partial charge is 0.255 e. The minimum Gasteiger partial charge on any atom is -0.474 e. The van der Waals surface area contributed by atoms with Crippen molar-refractivity contribution in [3.8, 4) is 5.88 Å². The van der Waals surface area contributed by atoms with Crippen molar-refractivity contribution < 1.29 is 19.4 Å². The number of aromatic nitrogens is 1. The number of pyridine rings is 1. The van der Waals surface area contributed by atoms with Crippen LogP contribution in [-0.4, -0.2) is 59.9 Å². The first-order valence-electron chi connectivity index (χ1n) is 7.35. The van der Waals surface area contributed by atoms with E-state index < -0.39 is 0 Å². The van der Waals surface area contributed by atoms with Gasteiger partial charge in [0.1, 0.15) is 6.10 Å². The van der Waals surface area contributed by atoms with Gasteiger partial charge < -0.3 is 19.5 Å². The van der Waals surface area contributed by atoms with Gasteiger partial charge in [-0.3, -0.25) is 4.79 Å². The summed E-state index contributed by atoms with van der Waals surface area (Å²) < 4.78 is 11.0. The summed E-state index contributed by atoms with van der Waals surface area (Å²) in [6, 6.07) is 3.43. The van der Waals surface area contributed by atoms with Gasteiger partial charge in [-0.15, -0.1) is 0 Å². The molecule has 0 bridgehead atoms. The second kappa shape index (κ2) is 7.95. The Hall–Kier alpha value is -1.66. The highest BCUT2D eigenvalue weighted by Crippen LogP contribution is 2.16. The lowest BCUT2D eigenvalue weighted by Gasteiger charge is -2.23. The number of hydrogen-bond acceptors (Lipinski definition) is 5. The molecule has 6 nitrogen and oxygen atoms in total. The minimum absolute atomic E-state index is 0.0437. The molecule has 1 fully saturated rings. The lowest BCUT2D eigenvalue weighted by Crippen LogP contribution is -2.33. The maximum atomic E-state index is 12.2. The molecule has 0 radical (unpaired) electrons. The predicted molar refractivity (Wildman–Crippen MR) is 77.4 cm³/mol. The van der Waals surface area contributed by atoms with Gasteiger partial charge in [-0.1, -0.05) is 0 Å². The van der Waals surface area contributed by atoms with Gasteiger partial charge in [0.2, 0.25) is 5.88 Å². The highest BCUT2D eigenvalue weighted by Gasteiger charge is 2.17. The number of nitrogens with zero attached hydrogens (tertiary/aromatic N) is 2. The summed E-state index contributed by atoms with van der Waals surface area (Å²) in [5.74, 6) is 0.403. The zero-order chi connectivity index (χ0) is 15.1. The second-order valence-corrected chi connectivity index (χ2v) is 4.92. The molecule has 1 aliphatic heterocycles. The van der Waals surface area contributed by atoms with E-state index in [9.17, 15) is 4.79 Å². The van der Waals surface area contributed by atoms with Crippen molar-refractivity contribution >= 4 is 5.91 Å². The summed E-state index contributed by atoms with van der Waals surface area (Å²) in [6.45, 7) is 4.15. The number of aliphatic hydroxyl groups is 1. The molecular weight excluding hydrogens is 272 g/mol. The van der Waals surface area contributed by atoms with Crippen molar-refractivity contribution in [1.82, 2.24) is 9.88 Å². The molecule has 1 saturated heterocycles. The molecule has 0 spiro atoms. The van der Waals surface area contributed by atoms with Crippen molar-refractivity contribution in [3.63, 3.8) is 0 Å². The quantitative estimate of drug-likeness (QED) is 0.850. The largest absolute Gasteiger partial charge is 0.474 e. The van der Waals surface area contributed by atoms with E-state index in [4.69, 9.17) is 14.6 Å². The maximum Gasteiger partial charge on any atom is 0.255 e. The average Bonchev–Trinajstić information content (AvgIpc) is 2.54. The second-order valence-electron chi connectivity index (χ2n) is 4.92. The Labute approximate surface area is 124 Å². The van der Waals surface area contributed by atoms with E-state index in [1.165, 1.54) is 6.20 Å². The molecule has 1 aliphatic rings. The van der Waals surface area contributed by atoms with Crippen LogP contribution in [0.15, 0.2) is 18.3 Å². The highest BCUT2D eigenvalue weighted by molar-refractivity contribution is 5.93. The summed E-state index contributed by atoms with van der Waals surface area (Å²) in [5.41, 5.74) is 0.504. The number of carbonyl (C=O) groups excluding carboxylic acids is 1. The molecule has 0 aromatic carbocycles. The third kappa shape index (κ3) is 4.41. The average molecular weight is 294 g/mol. The third-order valence-corrected chi connectivity index (χ3v) is 3.48. The summed E-state index contributed by atoms with van der Waals surface area (Å²) in [6.07, 6.45) is 3.39. The van der Waals surface area contributed by atoms with Gasteiger partial charge in [0, 0.05) is 38.2 Å². The maximum absolute atomic E-state index is 12.2. The number of aliphatic hydroxyl groups excluding tert-OH is 1. The van der Waals surface area contributed by atoms with Gasteiger partial charge in [-0.05, 0) is 13.0 Å². The van der Waals surface area contributed by atoms with E-state index in [2.05, 4.69) is 4.98 Å². The molecule has 2 heterocycles. The summed E-state index contributed by atoms with van der Waals surface area (Å²) in [5, 5.41) is 8.95. The van der Waals surface area contributed by atoms with Crippen LogP contribution in [0.25, 0.3) is 0 Å². The number of ether oxygens (including phenoxy) is 2. The molecule has 1 amide bonds. The zero-order valence-corrected chi connectivity index (χ0v) is 12.3. The Morgan fingerprint density at radius 3 is 2.81 bits per heavy atom. The van der Waals surface area contributed by atoms with Gasteiger partial charge in [0.05, 0.1) is 25.4 Å². The number of amides is 1. The molecule has 1 aromatic rings. The van der Waals surface area contributed by atoms with Crippen molar-refractivity contribution in [1.29, 1.82) is 0 Å². The van der Waals surface area contributed by atoms with Gasteiger partial charge in [0.25, 0.3) is 5.91 Å². The van der Waals surface area contributed by atoms with Crippen molar-refractivity contribution in [2.75, 3.05) is 32.9 Å². The van der Waals surface area contributed by atoms with Crippen LogP contribution in [0.4, 0.5) is 0 Å². The normalized spacial score (nSPS) is 15.7. The van der Waals surface area contributed by atoms with Crippen LogP contribution in [0.2, 0.25) is 0 Å². The first-order chi connectivity index (χ1) is 10.2. The summed E-state index contributed by atoms with van der Waals surface area (Å²) in [7, 11) is 0. The Morgan fingerprint density at radius 1 is 1.48 bits per heavy atom. The molecule has 0 saturated carbocycles. The van der Waals surface area contributed by atoms with E-state index >= 15 is 0 Å². The first-order valence-corrected chi connectivity index (χ1v) is 7.35. The Kier molecular flexibility index (Phi) is 5.95. The van der Waals surface area contributed by atoms with E-state index in [0.29, 0.717) is 37.7 Å². The number of likely N-dealkylation sites (N-methyl/N-ethyl adjacent to an activating group) is 1. The first kappa shape index (κ1) is 15.7. The van der Waals surface area contributed by atoms with Crippen molar-refractivity contribution in [2.24, 2.45) is 0 Å². The minimum atomic E-state index is -0.128. The van der Waals surface area contributed by atoms with Crippen LogP contribution in [0.1, 0.15) is 30.1 Å². The predicted octanol–water partition coefficient (Wildman–Crippen LogP) is 1.09. The van der Waals surface area contributed by atoms with Crippen LogP contribution in [-0.2, 0) is 4.74 Å². The molecule has 0 atom stereocenters. The van der Waals surface area contributed by atoms with Crippen LogP contribution in [0.3, 0.4) is 0 Å². The Balaban J connectivity index is 1.95. The summed E-state index contributed by atoms with van der Waals surface area (Å²) >= 11 is 0. The third-order valence-electron chi connectivity index (χ3n) is 3.48. The molecule has 21 heavy (non-hydrogen) atoms. The fraction of sp³-hybridized carbons (Fsp3) is 0.600. The van der Waals surface area contributed by atoms with Gasteiger partial charge in [-0.25, -0.2) is 4.98 Å². The van der Waals surface area contributed by atoms with E-state index in [-0.39, 0.29) is 18.6 Å². The number of rotatable bonds is 6. The monoisotopic (exact) mass is 294 g/mol. The van der Waals surface area contributed by atoms with Crippen molar-refractivity contribution in [2.45, 2.75) is 25.9 Å².